The van der Waals surface area contributed by atoms with Gasteiger partial charge in [0, 0.05) is 11.1 Å². The third-order valence-corrected chi connectivity index (χ3v) is 4.22. The van der Waals surface area contributed by atoms with Crippen LogP contribution < -0.4 is 5.73 Å². The van der Waals surface area contributed by atoms with Crippen LogP contribution in [0.25, 0.3) is 0 Å². The number of aromatic nitrogens is 2. The van der Waals surface area contributed by atoms with E-state index in [9.17, 15) is 4.39 Å². The molecule has 0 aliphatic rings. The monoisotopic (exact) mass is 340 g/mol. The predicted molar refractivity (Wildman–Crippen MR) is 77.4 cm³/mol. The smallest absolute Gasteiger partial charge is 0.170 e. The molecular formula is C13H14BrFN4O. The molecule has 0 spiro atoms. The topological polar surface area (TPSA) is 76.4 Å². The van der Waals surface area contributed by atoms with Gasteiger partial charge in [0.1, 0.15) is 5.82 Å². The van der Waals surface area contributed by atoms with Gasteiger partial charge in [0.15, 0.2) is 5.84 Å². The van der Waals surface area contributed by atoms with Crippen molar-refractivity contribution in [2.45, 2.75) is 20.4 Å². The molecule has 0 unspecified atom stereocenters. The molecule has 1 heterocycles. The molecule has 2 aromatic rings. The highest BCUT2D eigenvalue weighted by Crippen LogP contribution is 2.21. The van der Waals surface area contributed by atoms with Crippen molar-refractivity contribution in [3.05, 3.63) is 51.0 Å². The molecule has 106 valence electrons. The molecule has 5 nitrogen and oxygen atoms in total. The Balaban J connectivity index is 2.33. The molecule has 0 atom stereocenters. The second-order valence-electron chi connectivity index (χ2n) is 4.43. The molecule has 0 aliphatic carbocycles. The molecule has 0 aliphatic heterocycles. The zero-order valence-electron chi connectivity index (χ0n) is 11.1. The van der Waals surface area contributed by atoms with E-state index >= 15 is 0 Å². The van der Waals surface area contributed by atoms with Crippen molar-refractivity contribution >= 4 is 21.8 Å². The predicted octanol–water partition coefficient (Wildman–Crippen LogP) is 2.54. The molecule has 0 saturated carbocycles. The van der Waals surface area contributed by atoms with Crippen LogP contribution in [0.3, 0.4) is 0 Å². The number of halogens is 2. The van der Waals surface area contributed by atoms with Gasteiger partial charge >= 0.3 is 0 Å². The molecule has 0 fully saturated rings. The minimum absolute atomic E-state index is 0.121. The van der Waals surface area contributed by atoms with Gasteiger partial charge in [-0.05, 0) is 35.8 Å². The van der Waals surface area contributed by atoms with Gasteiger partial charge in [-0.25, -0.2) is 4.39 Å². The zero-order valence-corrected chi connectivity index (χ0v) is 12.6. The first-order valence-electron chi connectivity index (χ1n) is 5.90. The summed E-state index contributed by atoms with van der Waals surface area (Å²) in [6, 6.07) is 4.45. The Kier molecular flexibility index (Phi) is 4.08. The summed E-state index contributed by atoms with van der Waals surface area (Å²) in [6.07, 6.45) is 0. The molecule has 0 amide bonds. The van der Waals surface area contributed by atoms with E-state index in [1.165, 1.54) is 6.07 Å². The Hall–Kier alpha value is -1.89. The first-order valence-corrected chi connectivity index (χ1v) is 6.69. The van der Waals surface area contributed by atoms with Crippen LogP contribution in [0.15, 0.2) is 27.8 Å². The van der Waals surface area contributed by atoms with Crippen LogP contribution in [-0.2, 0) is 6.54 Å². The summed E-state index contributed by atoms with van der Waals surface area (Å²) < 4.78 is 16.7. The van der Waals surface area contributed by atoms with Crippen LogP contribution >= 0.6 is 15.9 Å². The fraction of sp³-hybridized carbons (Fsp3) is 0.231. The molecule has 7 heteroatoms. The fourth-order valence-corrected chi connectivity index (χ4v) is 2.17. The summed E-state index contributed by atoms with van der Waals surface area (Å²) in [6.45, 7) is 4.11. The lowest BCUT2D eigenvalue weighted by Crippen LogP contribution is -2.14. The van der Waals surface area contributed by atoms with E-state index in [1.54, 1.807) is 16.8 Å². The maximum Gasteiger partial charge on any atom is 0.170 e. The largest absolute Gasteiger partial charge is 0.409 e. The average molecular weight is 341 g/mol. The SMILES string of the molecule is Cc1nn(Cc2ccc(C(N)=NO)cc2F)c(C)c1Br. The minimum atomic E-state index is -0.419. The molecule has 0 saturated heterocycles. The lowest BCUT2D eigenvalue weighted by molar-refractivity contribution is 0.318. The van der Waals surface area contributed by atoms with Crippen LogP contribution in [0.2, 0.25) is 0 Å². The average Bonchev–Trinajstić information content (AvgIpc) is 2.67. The normalized spacial score (nSPS) is 11.9. The molecule has 1 aromatic heterocycles. The molecule has 1 aromatic carbocycles. The number of oxime groups is 1. The van der Waals surface area contributed by atoms with Gasteiger partial charge in [-0.15, -0.1) is 0 Å². The second kappa shape index (κ2) is 5.62. The molecular weight excluding hydrogens is 327 g/mol. The van der Waals surface area contributed by atoms with Gasteiger partial charge in [-0.1, -0.05) is 17.3 Å². The highest BCUT2D eigenvalue weighted by atomic mass is 79.9. The number of benzene rings is 1. The van der Waals surface area contributed by atoms with E-state index < -0.39 is 5.82 Å². The van der Waals surface area contributed by atoms with Crippen LogP contribution in [0.1, 0.15) is 22.5 Å². The Morgan fingerprint density at radius 2 is 2.20 bits per heavy atom. The summed E-state index contributed by atoms with van der Waals surface area (Å²) in [5, 5.41) is 15.8. The first kappa shape index (κ1) is 14.5. The summed E-state index contributed by atoms with van der Waals surface area (Å²) in [7, 11) is 0. The van der Waals surface area contributed by atoms with Gasteiger partial charge in [-0.2, -0.15) is 5.10 Å². The molecule has 0 radical (unpaired) electrons. The number of amidine groups is 1. The van der Waals surface area contributed by atoms with Crippen molar-refractivity contribution in [1.29, 1.82) is 0 Å². The van der Waals surface area contributed by atoms with Gasteiger partial charge in [0.05, 0.1) is 22.4 Å². The van der Waals surface area contributed by atoms with Crippen molar-refractivity contribution in [2.24, 2.45) is 10.9 Å². The fourth-order valence-electron chi connectivity index (χ4n) is 1.88. The maximum absolute atomic E-state index is 14.0. The van der Waals surface area contributed by atoms with Gasteiger partial charge in [0.25, 0.3) is 0 Å². The van der Waals surface area contributed by atoms with Crippen molar-refractivity contribution in [2.75, 3.05) is 0 Å². The molecule has 3 N–H and O–H groups in total. The first-order chi connectivity index (χ1) is 9.43. The number of rotatable bonds is 3. The maximum atomic E-state index is 14.0. The van der Waals surface area contributed by atoms with E-state index in [0.717, 1.165) is 15.9 Å². The van der Waals surface area contributed by atoms with Crippen molar-refractivity contribution < 1.29 is 9.60 Å². The van der Waals surface area contributed by atoms with Crippen LogP contribution in [0.4, 0.5) is 4.39 Å². The lowest BCUT2D eigenvalue weighted by Gasteiger charge is -2.07. The molecule has 20 heavy (non-hydrogen) atoms. The van der Waals surface area contributed by atoms with E-state index in [0.29, 0.717) is 17.7 Å². The Bertz CT molecular complexity index is 681. The van der Waals surface area contributed by atoms with Crippen LogP contribution in [0, 0.1) is 19.7 Å². The van der Waals surface area contributed by atoms with Crippen molar-refractivity contribution in [3.63, 3.8) is 0 Å². The highest BCUT2D eigenvalue weighted by molar-refractivity contribution is 9.10. The number of nitrogens with two attached hydrogens (primary N) is 1. The van der Waals surface area contributed by atoms with Crippen LogP contribution in [0.5, 0.6) is 0 Å². The van der Waals surface area contributed by atoms with Crippen molar-refractivity contribution in [3.8, 4) is 0 Å². The molecule has 0 bridgehead atoms. The van der Waals surface area contributed by atoms with Crippen molar-refractivity contribution in [1.82, 2.24) is 9.78 Å². The van der Waals surface area contributed by atoms with E-state index in [1.807, 2.05) is 13.8 Å². The second-order valence-corrected chi connectivity index (χ2v) is 5.23. The minimum Gasteiger partial charge on any atom is -0.409 e. The Morgan fingerprint density at radius 3 is 2.70 bits per heavy atom. The highest BCUT2D eigenvalue weighted by Gasteiger charge is 2.12. The van der Waals surface area contributed by atoms with Gasteiger partial charge in [0.2, 0.25) is 0 Å². The number of nitrogens with zero attached hydrogens (tertiary/aromatic N) is 3. The third kappa shape index (κ3) is 2.67. The number of hydrogen-bond acceptors (Lipinski definition) is 3. The lowest BCUT2D eigenvalue weighted by atomic mass is 10.1. The van der Waals surface area contributed by atoms with E-state index in [4.69, 9.17) is 10.9 Å². The Labute approximate surface area is 124 Å². The van der Waals surface area contributed by atoms with E-state index in [2.05, 4.69) is 26.2 Å². The summed E-state index contributed by atoms with van der Waals surface area (Å²) in [4.78, 5) is 0. The zero-order chi connectivity index (χ0) is 14.9. The summed E-state index contributed by atoms with van der Waals surface area (Å²) in [5.74, 6) is -0.540. The van der Waals surface area contributed by atoms with Crippen LogP contribution in [-0.4, -0.2) is 20.8 Å². The van der Waals surface area contributed by atoms with Gasteiger partial charge < -0.3 is 10.9 Å². The third-order valence-electron chi connectivity index (χ3n) is 3.07. The van der Waals surface area contributed by atoms with E-state index in [-0.39, 0.29) is 5.84 Å². The number of hydrogen-bond donors (Lipinski definition) is 2. The van der Waals surface area contributed by atoms with Gasteiger partial charge in [-0.3, -0.25) is 4.68 Å². The quantitative estimate of drug-likeness (QED) is 0.390. The summed E-state index contributed by atoms with van der Waals surface area (Å²) >= 11 is 3.43. The molecule has 2 rings (SSSR count). The summed E-state index contributed by atoms with van der Waals surface area (Å²) in [5.41, 5.74) is 8.03. The Morgan fingerprint density at radius 1 is 1.50 bits per heavy atom. The standard InChI is InChI=1S/C13H14BrFN4O/c1-7-12(14)8(2)19(17-7)6-10-4-3-9(5-11(10)15)13(16)18-20/h3-5,20H,6H2,1-2H3,(H2,16,18). The number of aryl methyl sites for hydroxylation is 1.